The van der Waals surface area contributed by atoms with Gasteiger partial charge < -0.3 is 0 Å². The van der Waals surface area contributed by atoms with Gasteiger partial charge in [-0.25, -0.2) is 4.68 Å². The predicted molar refractivity (Wildman–Crippen MR) is 141 cm³/mol. The van der Waals surface area contributed by atoms with E-state index in [4.69, 9.17) is 5.10 Å². The summed E-state index contributed by atoms with van der Waals surface area (Å²) in [5.41, 5.74) is 3.26. The number of benzene rings is 2. The summed E-state index contributed by atoms with van der Waals surface area (Å²) in [6.45, 7) is 0. The van der Waals surface area contributed by atoms with Gasteiger partial charge in [0, 0.05) is 18.2 Å². The molecule has 2 aromatic carbocycles. The first-order valence-electron chi connectivity index (χ1n) is 11.0. The number of hydrazone groups is 1. The van der Waals surface area contributed by atoms with Crippen molar-refractivity contribution < 1.29 is 8.42 Å². The summed E-state index contributed by atoms with van der Waals surface area (Å²) in [7, 11) is -3.88. The molecular weight excluding hydrogens is 497 g/mol. The van der Waals surface area contributed by atoms with Crippen molar-refractivity contribution in [2.45, 2.75) is 17.4 Å². The van der Waals surface area contributed by atoms with E-state index in [1.165, 1.54) is 4.41 Å². The SMILES string of the molecule is O=S(=O)(c1ccccc1)N1N=C(c2cccs2)CC1c1cn(-c2ccccc2)nc1-c1cccs1. The monoisotopic (exact) mass is 516 g/mol. The number of thiophene rings is 2. The normalized spacial score (nSPS) is 15.9. The maximum absolute atomic E-state index is 13.8. The van der Waals surface area contributed by atoms with E-state index in [2.05, 4.69) is 5.10 Å². The van der Waals surface area contributed by atoms with Gasteiger partial charge in [-0.05, 0) is 47.2 Å². The van der Waals surface area contributed by atoms with Gasteiger partial charge >= 0.3 is 0 Å². The maximum atomic E-state index is 13.8. The van der Waals surface area contributed by atoms with Gasteiger partial charge in [-0.1, -0.05) is 48.5 Å². The molecular formula is C26H20N4O2S3. The third-order valence-electron chi connectivity index (χ3n) is 5.84. The van der Waals surface area contributed by atoms with E-state index < -0.39 is 16.1 Å². The Bertz CT molecular complexity index is 1580. The Kier molecular flexibility index (Phi) is 5.60. The van der Waals surface area contributed by atoms with Gasteiger partial charge in [0.1, 0.15) is 5.69 Å². The van der Waals surface area contributed by atoms with Crippen LogP contribution in [0.1, 0.15) is 22.9 Å². The first-order valence-corrected chi connectivity index (χ1v) is 14.2. The van der Waals surface area contributed by atoms with Crippen LogP contribution in [-0.2, 0) is 10.0 Å². The van der Waals surface area contributed by atoms with Crippen molar-refractivity contribution in [3.8, 4) is 16.3 Å². The molecule has 0 saturated carbocycles. The summed E-state index contributed by atoms with van der Waals surface area (Å²) < 4.78 is 30.7. The van der Waals surface area contributed by atoms with Crippen molar-refractivity contribution in [3.05, 3.63) is 112 Å². The molecule has 1 unspecified atom stereocenters. The number of hydrogen-bond acceptors (Lipinski definition) is 6. The molecule has 0 N–H and O–H groups in total. The Hall–Kier alpha value is -3.53. The molecule has 0 amide bonds. The number of rotatable bonds is 6. The van der Waals surface area contributed by atoms with E-state index in [1.807, 2.05) is 76.2 Å². The lowest BCUT2D eigenvalue weighted by molar-refractivity contribution is 0.372. The molecule has 0 saturated heterocycles. The smallest absolute Gasteiger partial charge is 0.240 e. The van der Waals surface area contributed by atoms with Gasteiger partial charge in [-0.3, -0.25) is 0 Å². The third kappa shape index (κ3) is 4.01. The lowest BCUT2D eigenvalue weighted by Crippen LogP contribution is -2.27. The Morgan fingerprint density at radius 2 is 1.46 bits per heavy atom. The molecule has 6 nitrogen and oxygen atoms in total. The minimum absolute atomic E-state index is 0.217. The zero-order chi connectivity index (χ0) is 23.8. The van der Waals surface area contributed by atoms with Gasteiger partial charge in [0.2, 0.25) is 0 Å². The van der Waals surface area contributed by atoms with Crippen LogP contribution in [0, 0.1) is 0 Å². The molecule has 1 aliphatic rings. The van der Waals surface area contributed by atoms with Gasteiger partial charge in [0.25, 0.3) is 10.0 Å². The molecule has 35 heavy (non-hydrogen) atoms. The van der Waals surface area contributed by atoms with Gasteiger partial charge in [-0.2, -0.15) is 23.0 Å². The zero-order valence-corrected chi connectivity index (χ0v) is 20.9. The topological polar surface area (TPSA) is 67.6 Å². The number of aromatic nitrogens is 2. The fourth-order valence-corrected chi connectivity index (χ4v) is 7.08. The molecule has 3 aromatic heterocycles. The molecule has 0 fully saturated rings. The standard InChI is InChI=1S/C26H20N4O2S3/c31-35(32,20-11-5-2-6-12-20)30-23(17-22(27-30)24-13-7-15-33-24)21-18-29(19-9-3-1-4-10-19)28-26(21)25-14-8-16-34-25/h1-16,18,23H,17H2. The molecule has 5 aromatic rings. The summed E-state index contributed by atoms with van der Waals surface area (Å²) in [4.78, 5) is 2.17. The largest absolute Gasteiger partial charge is 0.279 e. The van der Waals surface area contributed by atoms with Crippen LogP contribution >= 0.6 is 22.7 Å². The van der Waals surface area contributed by atoms with E-state index in [0.29, 0.717) is 6.42 Å². The second-order valence-electron chi connectivity index (χ2n) is 8.03. The van der Waals surface area contributed by atoms with Crippen LogP contribution < -0.4 is 0 Å². The van der Waals surface area contributed by atoms with Crippen LogP contribution in [0.15, 0.2) is 112 Å². The van der Waals surface area contributed by atoms with Crippen LogP contribution in [0.25, 0.3) is 16.3 Å². The van der Waals surface area contributed by atoms with Crippen LogP contribution in [0.5, 0.6) is 0 Å². The van der Waals surface area contributed by atoms with Crippen LogP contribution in [0.3, 0.4) is 0 Å². The molecule has 0 aliphatic carbocycles. The van der Waals surface area contributed by atoms with Gasteiger partial charge in [-0.15, -0.1) is 22.7 Å². The van der Waals surface area contributed by atoms with Crippen molar-refractivity contribution in [2.75, 3.05) is 0 Å². The second kappa shape index (κ2) is 8.92. The molecule has 0 bridgehead atoms. The Labute approximate surface area is 211 Å². The summed E-state index contributed by atoms with van der Waals surface area (Å²) in [5, 5.41) is 13.6. The van der Waals surface area contributed by atoms with Gasteiger partial charge in [0.15, 0.2) is 0 Å². The zero-order valence-electron chi connectivity index (χ0n) is 18.4. The van der Waals surface area contributed by atoms with Crippen LogP contribution in [0.2, 0.25) is 0 Å². The van der Waals surface area contributed by atoms with Crippen molar-refractivity contribution in [3.63, 3.8) is 0 Å². The minimum Gasteiger partial charge on any atom is -0.240 e. The Morgan fingerprint density at radius 3 is 2.11 bits per heavy atom. The fraction of sp³-hybridized carbons (Fsp3) is 0.0769. The average molecular weight is 517 g/mol. The summed E-state index contributed by atoms with van der Waals surface area (Å²) in [6, 6.07) is 25.7. The van der Waals surface area contributed by atoms with Crippen molar-refractivity contribution >= 4 is 38.4 Å². The van der Waals surface area contributed by atoms with Crippen molar-refractivity contribution in [2.24, 2.45) is 5.10 Å². The van der Waals surface area contributed by atoms with Crippen LogP contribution in [-0.4, -0.2) is 28.3 Å². The summed E-state index contributed by atoms with van der Waals surface area (Å²) in [5.74, 6) is 0. The Balaban J connectivity index is 1.52. The van der Waals surface area contributed by atoms with Crippen molar-refractivity contribution in [1.82, 2.24) is 14.2 Å². The maximum Gasteiger partial charge on any atom is 0.279 e. The lowest BCUT2D eigenvalue weighted by Gasteiger charge is -2.23. The second-order valence-corrected chi connectivity index (χ2v) is 11.7. The number of sulfonamides is 1. The molecule has 0 radical (unpaired) electrons. The summed E-state index contributed by atoms with van der Waals surface area (Å²) >= 11 is 3.14. The first-order chi connectivity index (χ1) is 17.1. The molecule has 1 atom stereocenters. The highest BCUT2D eigenvalue weighted by Crippen LogP contribution is 2.42. The average Bonchev–Trinajstić information content (AvgIpc) is 3.70. The molecule has 6 rings (SSSR count). The molecule has 4 heterocycles. The third-order valence-corrected chi connectivity index (χ3v) is 9.33. The fourth-order valence-electron chi connectivity index (χ4n) is 4.18. The number of para-hydroxylation sites is 1. The highest BCUT2D eigenvalue weighted by atomic mass is 32.2. The van der Waals surface area contributed by atoms with E-state index in [0.717, 1.165) is 32.4 Å². The lowest BCUT2D eigenvalue weighted by atomic mass is 10.0. The van der Waals surface area contributed by atoms with Gasteiger partial charge in [0.05, 0.1) is 32.1 Å². The minimum atomic E-state index is -3.88. The number of nitrogens with zero attached hydrogens (tertiary/aromatic N) is 4. The predicted octanol–water partition coefficient (Wildman–Crippen LogP) is 6.20. The van der Waals surface area contributed by atoms with E-state index >= 15 is 0 Å². The first kappa shape index (κ1) is 22.0. The molecule has 1 aliphatic heterocycles. The van der Waals surface area contributed by atoms with Crippen molar-refractivity contribution in [1.29, 1.82) is 0 Å². The number of hydrogen-bond donors (Lipinski definition) is 0. The highest BCUT2D eigenvalue weighted by Gasteiger charge is 2.40. The Morgan fingerprint density at radius 1 is 0.800 bits per heavy atom. The summed E-state index contributed by atoms with van der Waals surface area (Å²) in [6.07, 6.45) is 2.40. The van der Waals surface area contributed by atoms with Crippen LogP contribution in [0.4, 0.5) is 0 Å². The van der Waals surface area contributed by atoms with E-state index in [-0.39, 0.29) is 4.90 Å². The molecule has 9 heteroatoms. The van der Waals surface area contributed by atoms with E-state index in [1.54, 1.807) is 53.0 Å². The molecule has 0 spiro atoms. The highest BCUT2D eigenvalue weighted by molar-refractivity contribution is 7.89. The quantitative estimate of drug-likeness (QED) is 0.270. The molecule has 174 valence electrons. The van der Waals surface area contributed by atoms with E-state index in [9.17, 15) is 8.42 Å².